The summed E-state index contributed by atoms with van der Waals surface area (Å²) in [6, 6.07) is 5.66. The zero-order chi connectivity index (χ0) is 22.8. The SMILES string of the molecule is COCCNCc1cn(CCCCCCSc2ccnc3cc(C(F)(F)F)ccc23)cn1. The lowest BCUT2D eigenvalue weighted by atomic mass is 10.1. The number of rotatable bonds is 13. The van der Waals surface area contributed by atoms with Gasteiger partial charge >= 0.3 is 6.18 Å². The van der Waals surface area contributed by atoms with E-state index in [0.717, 1.165) is 79.2 Å². The Morgan fingerprint density at radius 1 is 1.09 bits per heavy atom. The number of benzene rings is 1. The second-order valence-electron chi connectivity index (χ2n) is 7.57. The molecule has 0 atom stereocenters. The third kappa shape index (κ3) is 7.50. The number of pyridine rings is 1. The van der Waals surface area contributed by atoms with Crippen LogP contribution in [0.3, 0.4) is 0 Å². The summed E-state index contributed by atoms with van der Waals surface area (Å²) in [5.74, 6) is 0.933. The lowest BCUT2D eigenvalue weighted by Crippen LogP contribution is -2.18. The van der Waals surface area contributed by atoms with Crippen LogP contribution in [-0.4, -0.2) is 40.5 Å². The molecule has 0 radical (unpaired) electrons. The van der Waals surface area contributed by atoms with Gasteiger partial charge in [-0.2, -0.15) is 13.2 Å². The van der Waals surface area contributed by atoms with Crippen molar-refractivity contribution in [3.05, 3.63) is 54.2 Å². The highest BCUT2D eigenvalue weighted by molar-refractivity contribution is 7.99. The maximum Gasteiger partial charge on any atom is 0.416 e. The van der Waals surface area contributed by atoms with E-state index in [4.69, 9.17) is 4.74 Å². The molecule has 174 valence electrons. The highest BCUT2D eigenvalue weighted by Crippen LogP contribution is 2.33. The van der Waals surface area contributed by atoms with Crippen LogP contribution in [0.5, 0.6) is 0 Å². The highest BCUT2D eigenvalue weighted by Gasteiger charge is 2.30. The van der Waals surface area contributed by atoms with E-state index in [2.05, 4.69) is 26.0 Å². The Balaban J connectivity index is 1.35. The van der Waals surface area contributed by atoms with Gasteiger partial charge in [-0.05, 0) is 36.8 Å². The molecule has 5 nitrogen and oxygen atoms in total. The fourth-order valence-electron chi connectivity index (χ4n) is 3.37. The molecule has 3 aromatic rings. The summed E-state index contributed by atoms with van der Waals surface area (Å²) >= 11 is 1.68. The van der Waals surface area contributed by atoms with Gasteiger partial charge < -0.3 is 14.6 Å². The smallest absolute Gasteiger partial charge is 0.383 e. The molecule has 0 saturated heterocycles. The number of nitrogens with zero attached hydrogens (tertiary/aromatic N) is 3. The van der Waals surface area contributed by atoms with E-state index >= 15 is 0 Å². The number of unbranched alkanes of at least 4 members (excludes halogenated alkanes) is 3. The van der Waals surface area contributed by atoms with Crippen LogP contribution in [0.15, 0.2) is 47.9 Å². The van der Waals surface area contributed by atoms with E-state index < -0.39 is 11.7 Å². The molecule has 3 rings (SSSR count). The minimum atomic E-state index is -4.35. The molecule has 9 heteroatoms. The van der Waals surface area contributed by atoms with Crippen LogP contribution in [0.1, 0.15) is 36.9 Å². The van der Waals surface area contributed by atoms with Gasteiger partial charge in [0.1, 0.15) is 0 Å². The number of thioether (sulfide) groups is 1. The first-order chi connectivity index (χ1) is 15.5. The molecule has 0 aliphatic carbocycles. The van der Waals surface area contributed by atoms with E-state index in [-0.39, 0.29) is 0 Å². The lowest BCUT2D eigenvalue weighted by molar-refractivity contribution is -0.137. The first kappa shape index (κ1) is 24.5. The molecule has 0 spiro atoms. The van der Waals surface area contributed by atoms with Gasteiger partial charge in [0, 0.05) is 49.4 Å². The van der Waals surface area contributed by atoms with Crippen LogP contribution in [0.4, 0.5) is 13.2 Å². The van der Waals surface area contributed by atoms with Crippen LogP contribution in [-0.2, 0) is 24.0 Å². The second-order valence-corrected chi connectivity index (χ2v) is 8.71. The minimum absolute atomic E-state index is 0.387. The number of halogens is 3. The van der Waals surface area contributed by atoms with Crippen molar-refractivity contribution in [1.29, 1.82) is 0 Å². The number of aromatic nitrogens is 3. The Morgan fingerprint density at radius 2 is 1.94 bits per heavy atom. The molecule has 0 aliphatic rings. The predicted molar refractivity (Wildman–Crippen MR) is 122 cm³/mol. The molecular formula is C23H29F3N4OS. The Bertz CT molecular complexity index is 977. The summed E-state index contributed by atoms with van der Waals surface area (Å²) < 4.78 is 45.9. The van der Waals surface area contributed by atoms with Gasteiger partial charge in [-0.15, -0.1) is 11.8 Å². The van der Waals surface area contributed by atoms with Gasteiger partial charge in [0.25, 0.3) is 0 Å². The Hall–Kier alpha value is -2.10. The van der Waals surface area contributed by atoms with Crippen LogP contribution < -0.4 is 5.32 Å². The third-order valence-electron chi connectivity index (χ3n) is 5.07. The predicted octanol–water partition coefficient (Wildman–Crippen LogP) is 5.54. The molecule has 0 saturated carbocycles. The number of alkyl halides is 3. The molecule has 1 N–H and O–H groups in total. The summed E-state index contributed by atoms with van der Waals surface area (Å²) in [7, 11) is 1.69. The average Bonchev–Trinajstić information content (AvgIpc) is 3.23. The first-order valence-electron chi connectivity index (χ1n) is 10.8. The zero-order valence-corrected chi connectivity index (χ0v) is 19.0. The van der Waals surface area contributed by atoms with Gasteiger partial charge in [0.05, 0.1) is 29.7 Å². The van der Waals surface area contributed by atoms with Crippen LogP contribution in [0, 0.1) is 0 Å². The Morgan fingerprint density at radius 3 is 2.75 bits per heavy atom. The molecule has 1 aromatic carbocycles. The lowest BCUT2D eigenvalue weighted by Gasteiger charge is -2.10. The monoisotopic (exact) mass is 466 g/mol. The molecule has 32 heavy (non-hydrogen) atoms. The molecule has 0 aliphatic heterocycles. The quantitative estimate of drug-likeness (QED) is 0.265. The summed E-state index contributed by atoms with van der Waals surface area (Å²) in [5.41, 5.74) is 0.759. The molecule has 0 unspecified atom stereocenters. The van der Waals surface area contributed by atoms with Crippen LogP contribution in [0.2, 0.25) is 0 Å². The van der Waals surface area contributed by atoms with Crippen LogP contribution in [0.25, 0.3) is 10.9 Å². The van der Waals surface area contributed by atoms with Crippen molar-refractivity contribution >= 4 is 22.7 Å². The van der Waals surface area contributed by atoms with Gasteiger partial charge in [0.2, 0.25) is 0 Å². The van der Waals surface area contributed by atoms with Crippen LogP contribution >= 0.6 is 11.8 Å². The first-order valence-corrected chi connectivity index (χ1v) is 11.7. The maximum absolute atomic E-state index is 12.9. The largest absolute Gasteiger partial charge is 0.416 e. The molecule has 0 bridgehead atoms. The van der Waals surface area contributed by atoms with E-state index in [1.807, 2.05) is 12.4 Å². The number of nitrogens with one attached hydrogen (secondary N) is 1. The van der Waals surface area contributed by atoms with Crippen molar-refractivity contribution in [2.45, 2.75) is 49.8 Å². The van der Waals surface area contributed by atoms with E-state index in [9.17, 15) is 13.2 Å². The van der Waals surface area contributed by atoms with Crippen molar-refractivity contribution in [3.8, 4) is 0 Å². The fourth-order valence-corrected chi connectivity index (χ4v) is 4.42. The van der Waals surface area contributed by atoms with E-state index in [1.54, 1.807) is 25.1 Å². The topological polar surface area (TPSA) is 52.0 Å². The van der Waals surface area contributed by atoms with E-state index in [0.29, 0.717) is 12.1 Å². The van der Waals surface area contributed by atoms with Gasteiger partial charge in [-0.3, -0.25) is 4.98 Å². The van der Waals surface area contributed by atoms with Crippen molar-refractivity contribution in [2.75, 3.05) is 26.0 Å². The second kappa shape index (κ2) is 12.2. The Kier molecular flexibility index (Phi) is 9.37. The summed E-state index contributed by atoms with van der Waals surface area (Å²) in [5, 5.41) is 4.06. The normalized spacial score (nSPS) is 12.0. The standard InChI is InChI=1S/C23H29F3N4OS/c1-31-12-10-27-15-19-16-30(17-29-19)11-4-2-3-5-13-32-22-8-9-28-21-14-18(23(24,25)26)6-7-20(21)22/h6-9,14,16-17,27H,2-5,10-13,15H2,1H3. The van der Waals surface area contributed by atoms with Crippen molar-refractivity contribution in [2.24, 2.45) is 0 Å². The third-order valence-corrected chi connectivity index (χ3v) is 6.23. The summed E-state index contributed by atoms with van der Waals surface area (Å²) in [4.78, 5) is 9.50. The summed E-state index contributed by atoms with van der Waals surface area (Å²) in [6.07, 6.45) is 5.59. The molecule has 0 fully saturated rings. The minimum Gasteiger partial charge on any atom is -0.383 e. The van der Waals surface area contributed by atoms with Gasteiger partial charge in [0.15, 0.2) is 0 Å². The van der Waals surface area contributed by atoms with Gasteiger partial charge in [-0.25, -0.2) is 4.98 Å². The number of ether oxygens (including phenoxy) is 1. The van der Waals surface area contributed by atoms with E-state index in [1.165, 1.54) is 6.07 Å². The number of methoxy groups -OCH3 is 1. The zero-order valence-electron chi connectivity index (χ0n) is 18.2. The molecule has 0 amide bonds. The number of aryl methyl sites for hydroxylation is 1. The number of hydrogen-bond donors (Lipinski definition) is 1. The fraction of sp³-hybridized carbons (Fsp3) is 0.478. The molecule has 2 aromatic heterocycles. The summed E-state index contributed by atoms with van der Waals surface area (Å²) in [6.45, 7) is 3.20. The number of fused-ring (bicyclic) bond motifs is 1. The Labute approximate surface area is 190 Å². The van der Waals surface area contributed by atoms with Crippen molar-refractivity contribution in [1.82, 2.24) is 19.9 Å². The number of hydrogen-bond acceptors (Lipinski definition) is 5. The van der Waals surface area contributed by atoms with Crippen molar-refractivity contribution in [3.63, 3.8) is 0 Å². The highest BCUT2D eigenvalue weighted by atomic mass is 32.2. The van der Waals surface area contributed by atoms with Gasteiger partial charge in [-0.1, -0.05) is 18.9 Å². The van der Waals surface area contributed by atoms with Crippen molar-refractivity contribution < 1.29 is 17.9 Å². The number of imidazole rings is 1. The average molecular weight is 467 g/mol. The molecule has 2 heterocycles. The molecular weight excluding hydrogens is 437 g/mol. The maximum atomic E-state index is 12.9.